The summed E-state index contributed by atoms with van der Waals surface area (Å²) < 4.78 is 22.8. The highest BCUT2D eigenvalue weighted by Crippen LogP contribution is 2.51. The number of carbonyl (C=O) groups excluding carboxylic acids is 3. The molecular formula is C20H22O7. The molecule has 0 aromatic carbocycles. The Balaban J connectivity index is 1.78. The van der Waals surface area contributed by atoms with E-state index in [1.807, 2.05) is 0 Å². The van der Waals surface area contributed by atoms with Gasteiger partial charge >= 0.3 is 11.9 Å². The molecule has 2 fully saturated rings. The number of hydrogen-bond donors (Lipinski definition) is 0. The summed E-state index contributed by atoms with van der Waals surface area (Å²) in [6.07, 6.45) is 3.55. The second-order valence-corrected chi connectivity index (χ2v) is 7.75. The van der Waals surface area contributed by atoms with E-state index in [-0.39, 0.29) is 18.8 Å². The normalized spacial score (nSPS) is 42.1. The van der Waals surface area contributed by atoms with E-state index in [1.54, 1.807) is 39.8 Å². The Hall–Kier alpha value is -2.41. The molecule has 0 N–H and O–H groups in total. The van der Waals surface area contributed by atoms with Crippen molar-refractivity contribution < 1.29 is 33.3 Å². The third-order valence-corrected chi connectivity index (χ3v) is 5.86. The second-order valence-electron chi connectivity index (χ2n) is 7.75. The van der Waals surface area contributed by atoms with Gasteiger partial charge in [0.2, 0.25) is 5.78 Å². The Bertz CT molecular complexity index is 829. The zero-order valence-corrected chi connectivity index (χ0v) is 15.7. The fourth-order valence-corrected chi connectivity index (χ4v) is 3.97. The fraction of sp³-hybridized carbons (Fsp3) is 0.550. The Kier molecular flexibility index (Phi) is 3.86. The van der Waals surface area contributed by atoms with Gasteiger partial charge in [-0.15, -0.1) is 0 Å². The van der Waals surface area contributed by atoms with Gasteiger partial charge in [0.05, 0.1) is 12.5 Å². The molecule has 2 bridgehead atoms. The minimum atomic E-state index is -1.17. The third kappa shape index (κ3) is 2.64. The van der Waals surface area contributed by atoms with Crippen LogP contribution in [0.1, 0.15) is 34.1 Å². The summed E-state index contributed by atoms with van der Waals surface area (Å²) in [4.78, 5) is 37.5. The van der Waals surface area contributed by atoms with Crippen molar-refractivity contribution in [3.8, 4) is 0 Å². The first-order valence-electron chi connectivity index (χ1n) is 9.03. The lowest BCUT2D eigenvalue weighted by atomic mass is 9.79. The number of hydrogen-bond acceptors (Lipinski definition) is 7. The van der Waals surface area contributed by atoms with E-state index in [2.05, 4.69) is 0 Å². The number of ether oxygens (including phenoxy) is 4. The summed E-state index contributed by atoms with van der Waals surface area (Å²) in [5.74, 6) is -1.24. The molecule has 4 aliphatic rings. The van der Waals surface area contributed by atoms with Crippen molar-refractivity contribution in [3.63, 3.8) is 0 Å². The molecule has 0 amide bonds. The Morgan fingerprint density at radius 2 is 2.07 bits per heavy atom. The third-order valence-electron chi connectivity index (χ3n) is 5.86. The summed E-state index contributed by atoms with van der Waals surface area (Å²) in [6, 6.07) is 0. The highest BCUT2D eigenvalue weighted by atomic mass is 16.7. The first-order chi connectivity index (χ1) is 12.7. The molecule has 0 aliphatic carbocycles. The second kappa shape index (κ2) is 5.79. The van der Waals surface area contributed by atoms with E-state index < -0.39 is 41.3 Å². The smallest absolute Gasteiger partial charge is 0.342 e. The molecule has 0 saturated carbocycles. The summed E-state index contributed by atoms with van der Waals surface area (Å²) in [5.41, 5.74) is -1.15. The number of rotatable bonds is 2. The van der Waals surface area contributed by atoms with Gasteiger partial charge < -0.3 is 18.9 Å². The van der Waals surface area contributed by atoms with Crippen molar-refractivity contribution >= 4 is 17.7 Å². The van der Waals surface area contributed by atoms with Gasteiger partial charge in [0.15, 0.2) is 11.2 Å². The topological polar surface area (TPSA) is 91.4 Å². The molecule has 1 spiro atoms. The van der Waals surface area contributed by atoms with Crippen LogP contribution in [0.4, 0.5) is 0 Å². The lowest BCUT2D eigenvalue weighted by Crippen LogP contribution is -2.46. The van der Waals surface area contributed by atoms with Crippen LogP contribution in [0.25, 0.3) is 0 Å². The molecule has 7 nitrogen and oxygen atoms in total. The van der Waals surface area contributed by atoms with Crippen LogP contribution in [-0.4, -0.2) is 47.7 Å². The van der Waals surface area contributed by atoms with Crippen LogP contribution >= 0.6 is 0 Å². The van der Waals surface area contributed by atoms with Crippen molar-refractivity contribution in [1.29, 1.82) is 0 Å². The molecule has 2 saturated heterocycles. The van der Waals surface area contributed by atoms with Crippen LogP contribution in [0.3, 0.4) is 0 Å². The van der Waals surface area contributed by atoms with E-state index in [0.717, 1.165) is 0 Å². The van der Waals surface area contributed by atoms with Crippen LogP contribution in [0.15, 0.2) is 35.1 Å². The maximum atomic E-state index is 12.6. The van der Waals surface area contributed by atoms with E-state index in [1.165, 1.54) is 6.08 Å². The van der Waals surface area contributed by atoms with Crippen LogP contribution in [-0.2, 0) is 33.3 Å². The number of carbonyl (C=O) groups is 3. The molecule has 0 radical (unpaired) electrons. The minimum Gasteiger partial charge on any atom is -0.479 e. The fourth-order valence-electron chi connectivity index (χ4n) is 3.97. The molecule has 0 aromatic heterocycles. The zero-order valence-electron chi connectivity index (χ0n) is 15.7. The summed E-state index contributed by atoms with van der Waals surface area (Å²) in [7, 11) is 0. The Morgan fingerprint density at radius 3 is 2.70 bits per heavy atom. The highest BCUT2D eigenvalue weighted by molar-refractivity contribution is 6.00. The molecule has 144 valence electrons. The number of allylic oxidation sites excluding steroid dienone is 2. The SMILES string of the molecule is C/C=C(/C)C(=O)O[C@@H]1C[C@@]2(C)OC(=CC2=O)/C(C)=C\[C@@H]2OC(=O)[C@@]3(CO3)[C@@H]21. The Labute approximate surface area is 157 Å². The monoisotopic (exact) mass is 374 g/mol. The van der Waals surface area contributed by atoms with Gasteiger partial charge in [-0.05, 0) is 39.3 Å². The molecule has 4 aliphatic heterocycles. The molecule has 27 heavy (non-hydrogen) atoms. The first-order valence-corrected chi connectivity index (χ1v) is 9.03. The maximum absolute atomic E-state index is 12.6. The van der Waals surface area contributed by atoms with Gasteiger partial charge in [-0.1, -0.05) is 6.08 Å². The lowest BCUT2D eigenvalue weighted by Gasteiger charge is -2.32. The first kappa shape index (κ1) is 18.0. The van der Waals surface area contributed by atoms with E-state index in [4.69, 9.17) is 18.9 Å². The predicted octanol–water partition coefficient (Wildman–Crippen LogP) is 1.77. The van der Waals surface area contributed by atoms with Gasteiger partial charge in [0.1, 0.15) is 18.0 Å². The average molecular weight is 374 g/mol. The predicted molar refractivity (Wildman–Crippen MR) is 92.3 cm³/mol. The number of epoxide rings is 1. The van der Waals surface area contributed by atoms with Crippen LogP contribution in [0.5, 0.6) is 0 Å². The average Bonchev–Trinajstić information content (AvgIpc) is 3.27. The quantitative estimate of drug-likeness (QED) is 0.413. The van der Waals surface area contributed by atoms with E-state index >= 15 is 0 Å². The molecule has 5 atom stereocenters. The van der Waals surface area contributed by atoms with Gasteiger partial charge in [-0.25, -0.2) is 9.59 Å². The largest absolute Gasteiger partial charge is 0.479 e. The zero-order chi connectivity index (χ0) is 19.6. The summed E-state index contributed by atoms with van der Waals surface area (Å²) in [6.45, 7) is 7.07. The number of ketones is 1. The molecule has 0 unspecified atom stereocenters. The van der Waals surface area contributed by atoms with Crippen molar-refractivity contribution in [1.82, 2.24) is 0 Å². The molecule has 4 rings (SSSR count). The van der Waals surface area contributed by atoms with Gasteiger partial charge in [-0.3, -0.25) is 4.79 Å². The summed E-state index contributed by atoms with van der Waals surface area (Å²) >= 11 is 0. The van der Waals surface area contributed by atoms with Gasteiger partial charge in [0.25, 0.3) is 0 Å². The molecular weight excluding hydrogens is 352 g/mol. The van der Waals surface area contributed by atoms with E-state index in [0.29, 0.717) is 16.9 Å². The van der Waals surface area contributed by atoms with Crippen LogP contribution in [0.2, 0.25) is 0 Å². The summed E-state index contributed by atoms with van der Waals surface area (Å²) in [5, 5.41) is 0. The maximum Gasteiger partial charge on any atom is 0.342 e. The molecule has 7 heteroatoms. The van der Waals surface area contributed by atoms with Crippen LogP contribution in [0, 0.1) is 5.92 Å². The standard InChI is InChI=1S/C20H22O7/c1-5-10(2)17(22)25-14-8-19(4)15(21)7-12(27-19)11(3)6-13-16(14)20(9-24-20)18(23)26-13/h5-7,13-14,16H,8-9H2,1-4H3/b10-5-,11-6-/t13-,14+,16-,19+,20+/m0/s1. The highest BCUT2D eigenvalue weighted by Gasteiger charge is 2.70. The van der Waals surface area contributed by atoms with Gasteiger partial charge in [0, 0.05) is 18.1 Å². The molecule has 4 heterocycles. The van der Waals surface area contributed by atoms with E-state index in [9.17, 15) is 14.4 Å². The van der Waals surface area contributed by atoms with Crippen molar-refractivity contribution in [2.75, 3.05) is 6.61 Å². The lowest BCUT2D eigenvalue weighted by molar-refractivity contribution is -0.155. The van der Waals surface area contributed by atoms with Crippen molar-refractivity contribution in [2.24, 2.45) is 5.92 Å². The minimum absolute atomic E-state index is 0.110. The number of fused-ring (bicyclic) bond motifs is 4. The Morgan fingerprint density at radius 1 is 1.37 bits per heavy atom. The molecule has 0 aromatic rings. The van der Waals surface area contributed by atoms with Crippen molar-refractivity contribution in [2.45, 2.75) is 57.5 Å². The van der Waals surface area contributed by atoms with Crippen molar-refractivity contribution in [3.05, 3.63) is 35.1 Å². The number of esters is 2. The van der Waals surface area contributed by atoms with Gasteiger partial charge in [-0.2, -0.15) is 0 Å². The van der Waals surface area contributed by atoms with Crippen LogP contribution < -0.4 is 0 Å².